The van der Waals surface area contributed by atoms with Gasteiger partial charge < -0.3 is 4.74 Å². The van der Waals surface area contributed by atoms with Gasteiger partial charge in [0.1, 0.15) is 0 Å². The Morgan fingerprint density at radius 3 is 2.64 bits per heavy atom. The van der Waals surface area contributed by atoms with E-state index >= 15 is 0 Å². The molecule has 2 aliphatic carbocycles. The Morgan fingerprint density at radius 1 is 1.55 bits per heavy atom. The number of methoxy groups -OCH3 is 1. The Bertz CT molecular complexity index is 142. The van der Waals surface area contributed by atoms with Crippen LogP contribution >= 0.6 is 15.9 Å². The van der Waals surface area contributed by atoms with Crippen molar-refractivity contribution >= 4 is 15.9 Å². The molecule has 1 spiro atoms. The molecule has 2 rings (SSSR count). The van der Waals surface area contributed by atoms with Crippen molar-refractivity contribution < 1.29 is 4.74 Å². The summed E-state index contributed by atoms with van der Waals surface area (Å²) in [6, 6.07) is 0. The van der Waals surface area contributed by atoms with E-state index in [9.17, 15) is 0 Å². The van der Waals surface area contributed by atoms with E-state index < -0.39 is 0 Å². The Labute approximate surface area is 76.6 Å². The average Bonchev–Trinajstić information content (AvgIpc) is 1.84. The van der Waals surface area contributed by atoms with Crippen LogP contribution < -0.4 is 0 Å². The van der Waals surface area contributed by atoms with Crippen LogP contribution in [-0.4, -0.2) is 18.5 Å². The molecule has 2 heteroatoms. The third-order valence-corrected chi connectivity index (χ3v) is 4.49. The van der Waals surface area contributed by atoms with Gasteiger partial charge in [0, 0.05) is 17.9 Å². The number of halogens is 1. The molecule has 2 atom stereocenters. The van der Waals surface area contributed by atoms with Gasteiger partial charge in [-0.1, -0.05) is 22.4 Å². The zero-order chi connectivity index (χ0) is 7.90. The maximum Gasteiger partial charge on any atom is 0.0633 e. The minimum absolute atomic E-state index is 0.582. The van der Waals surface area contributed by atoms with Crippen LogP contribution in [0, 0.1) is 11.3 Å². The van der Waals surface area contributed by atoms with Crippen molar-refractivity contribution in [3.05, 3.63) is 0 Å². The van der Waals surface area contributed by atoms with Gasteiger partial charge in [-0.3, -0.25) is 0 Å². The highest BCUT2D eigenvalue weighted by atomic mass is 79.9. The molecule has 2 unspecified atom stereocenters. The molecule has 11 heavy (non-hydrogen) atoms. The van der Waals surface area contributed by atoms with Crippen molar-refractivity contribution in [3.8, 4) is 0 Å². The quantitative estimate of drug-likeness (QED) is 0.648. The first-order valence-electron chi connectivity index (χ1n) is 4.42. The second-order valence-electron chi connectivity index (χ2n) is 3.90. The molecule has 0 heterocycles. The fourth-order valence-corrected chi connectivity index (χ4v) is 3.60. The summed E-state index contributed by atoms with van der Waals surface area (Å²) in [5, 5.41) is 1.17. The lowest BCUT2D eigenvalue weighted by atomic mass is 9.48. The van der Waals surface area contributed by atoms with Gasteiger partial charge in [-0.15, -0.1) is 0 Å². The first-order valence-corrected chi connectivity index (χ1v) is 5.54. The van der Waals surface area contributed by atoms with Crippen LogP contribution in [-0.2, 0) is 4.74 Å². The predicted molar refractivity (Wildman–Crippen MR) is 49.0 cm³/mol. The average molecular weight is 219 g/mol. The van der Waals surface area contributed by atoms with Crippen LogP contribution in [0.2, 0.25) is 0 Å². The van der Waals surface area contributed by atoms with E-state index in [0.717, 1.165) is 5.92 Å². The van der Waals surface area contributed by atoms with Crippen molar-refractivity contribution in [1.29, 1.82) is 0 Å². The Hall–Kier alpha value is 0.440. The van der Waals surface area contributed by atoms with Gasteiger partial charge in [-0.25, -0.2) is 0 Å². The fourth-order valence-electron chi connectivity index (χ4n) is 2.69. The van der Waals surface area contributed by atoms with E-state index in [1.54, 1.807) is 0 Å². The van der Waals surface area contributed by atoms with E-state index in [-0.39, 0.29) is 0 Å². The van der Waals surface area contributed by atoms with Crippen molar-refractivity contribution in [1.82, 2.24) is 0 Å². The third kappa shape index (κ3) is 0.919. The van der Waals surface area contributed by atoms with Crippen LogP contribution in [0.15, 0.2) is 0 Å². The number of hydrogen-bond acceptors (Lipinski definition) is 1. The summed E-state index contributed by atoms with van der Waals surface area (Å²) in [5.74, 6) is 0.904. The molecule has 0 N–H and O–H groups in total. The number of ether oxygens (including phenoxy) is 1. The van der Waals surface area contributed by atoms with Crippen LogP contribution in [0.4, 0.5) is 0 Å². The SMILES string of the molecule is COC1CC(CBr)C12CCC2. The van der Waals surface area contributed by atoms with Gasteiger partial charge in [0.05, 0.1) is 6.10 Å². The van der Waals surface area contributed by atoms with Crippen molar-refractivity contribution in [3.63, 3.8) is 0 Å². The highest BCUT2D eigenvalue weighted by Gasteiger charge is 2.57. The van der Waals surface area contributed by atoms with Crippen molar-refractivity contribution in [2.24, 2.45) is 11.3 Å². The van der Waals surface area contributed by atoms with E-state index in [2.05, 4.69) is 15.9 Å². The maximum absolute atomic E-state index is 5.46. The molecule has 2 aliphatic rings. The topological polar surface area (TPSA) is 9.23 Å². The molecular formula is C9H15BrO. The zero-order valence-electron chi connectivity index (χ0n) is 6.98. The molecule has 0 aromatic carbocycles. The van der Waals surface area contributed by atoms with E-state index in [0.29, 0.717) is 11.5 Å². The van der Waals surface area contributed by atoms with Gasteiger partial charge in [0.2, 0.25) is 0 Å². The molecule has 0 aliphatic heterocycles. The highest BCUT2D eigenvalue weighted by Crippen LogP contribution is 2.61. The summed E-state index contributed by atoms with van der Waals surface area (Å²) >= 11 is 3.58. The molecule has 2 fully saturated rings. The molecule has 0 radical (unpaired) electrons. The molecule has 2 saturated carbocycles. The van der Waals surface area contributed by atoms with E-state index in [1.165, 1.54) is 31.0 Å². The lowest BCUT2D eigenvalue weighted by molar-refractivity contribution is -0.176. The fraction of sp³-hybridized carbons (Fsp3) is 1.00. The lowest BCUT2D eigenvalue weighted by Gasteiger charge is -2.60. The molecule has 64 valence electrons. The van der Waals surface area contributed by atoms with Gasteiger partial charge in [-0.05, 0) is 25.2 Å². The summed E-state index contributed by atoms with van der Waals surface area (Å²) in [4.78, 5) is 0. The molecule has 0 saturated heterocycles. The normalized spacial score (nSPS) is 39.8. The minimum Gasteiger partial charge on any atom is -0.381 e. The van der Waals surface area contributed by atoms with Crippen LogP contribution in [0.25, 0.3) is 0 Å². The summed E-state index contributed by atoms with van der Waals surface area (Å²) < 4.78 is 5.46. The maximum atomic E-state index is 5.46. The van der Waals surface area contributed by atoms with Gasteiger partial charge in [-0.2, -0.15) is 0 Å². The Morgan fingerprint density at radius 2 is 2.27 bits per heavy atom. The van der Waals surface area contributed by atoms with Crippen LogP contribution in [0.5, 0.6) is 0 Å². The van der Waals surface area contributed by atoms with E-state index in [4.69, 9.17) is 4.74 Å². The second-order valence-corrected chi connectivity index (χ2v) is 4.55. The number of hydrogen-bond donors (Lipinski definition) is 0. The monoisotopic (exact) mass is 218 g/mol. The van der Waals surface area contributed by atoms with Crippen molar-refractivity contribution in [2.75, 3.05) is 12.4 Å². The minimum atomic E-state index is 0.582. The Kier molecular flexibility index (Phi) is 2.00. The van der Waals surface area contributed by atoms with Crippen molar-refractivity contribution in [2.45, 2.75) is 31.8 Å². The molecular weight excluding hydrogens is 204 g/mol. The smallest absolute Gasteiger partial charge is 0.0633 e. The van der Waals surface area contributed by atoms with Gasteiger partial charge in [0.25, 0.3) is 0 Å². The summed E-state index contributed by atoms with van der Waals surface area (Å²) in [6.45, 7) is 0. The molecule has 1 nitrogen and oxygen atoms in total. The summed E-state index contributed by atoms with van der Waals surface area (Å²) in [7, 11) is 1.86. The van der Waals surface area contributed by atoms with Crippen LogP contribution in [0.1, 0.15) is 25.7 Å². The zero-order valence-corrected chi connectivity index (χ0v) is 8.56. The summed E-state index contributed by atoms with van der Waals surface area (Å²) in [6.07, 6.45) is 6.09. The lowest BCUT2D eigenvalue weighted by Crippen LogP contribution is -2.58. The predicted octanol–water partition coefficient (Wildman–Crippen LogP) is 2.59. The molecule has 0 aromatic heterocycles. The largest absolute Gasteiger partial charge is 0.381 e. The molecule has 0 amide bonds. The molecule has 0 bridgehead atoms. The second kappa shape index (κ2) is 2.74. The first-order chi connectivity index (χ1) is 5.33. The van der Waals surface area contributed by atoms with Crippen LogP contribution in [0.3, 0.4) is 0 Å². The van der Waals surface area contributed by atoms with E-state index in [1.807, 2.05) is 7.11 Å². The third-order valence-electron chi connectivity index (χ3n) is 3.71. The first kappa shape index (κ1) is 8.06. The standard InChI is InChI=1S/C9H15BrO/c1-11-8-5-7(6-10)9(8)3-2-4-9/h7-8H,2-6H2,1H3. The molecule has 0 aromatic rings. The summed E-state index contributed by atoms with van der Waals surface area (Å²) in [5.41, 5.74) is 0.609. The number of alkyl halides is 1. The van der Waals surface area contributed by atoms with Gasteiger partial charge >= 0.3 is 0 Å². The van der Waals surface area contributed by atoms with Gasteiger partial charge in [0.15, 0.2) is 0 Å². The number of rotatable bonds is 2. The Balaban J connectivity index is 2.01. The highest BCUT2D eigenvalue weighted by molar-refractivity contribution is 9.09.